The van der Waals surface area contributed by atoms with Gasteiger partial charge in [-0.15, -0.1) is 0 Å². The molecular formula is C25H45P7Ti+2. The molecule has 3 heterocycles. The monoisotopic (exact) mass is 610 g/mol. The minimum atomic E-state index is 0. The van der Waals surface area contributed by atoms with Crippen LogP contribution in [0.3, 0.4) is 0 Å². The quantitative estimate of drug-likeness (QED) is 0.189. The standard InChI is InChI=1S/C15H27P4.C10H18P3.Ti/c1-12(2,3)10-16-15(14(7,8)9)17-11(13(4,5)6)19(15)18-10;1-9(2,3)7-11-8(13-12-7)10(4,5)6;/h1-9H3;1-6H3;/q;;+2. The minimum absolute atomic E-state index is 0. The van der Waals surface area contributed by atoms with E-state index in [0.717, 1.165) is 0 Å². The summed E-state index contributed by atoms with van der Waals surface area (Å²) < 4.78 is 0.551. The molecule has 2 atom stereocenters. The van der Waals surface area contributed by atoms with Crippen LogP contribution in [0, 0.1) is 43.3 Å². The maximum atomic E-state index is 2.46. The molecular weight excluding hydrogens is 565 g/mol. The molecule has 0 saturated carbocycles. The van der Waals surface area contributed by atoms with Crippen molar-refractivity contribution in [3.05, 3.63) is 16.2 Å². The average molecular weight is 610 g/mol. The van der Waals surface area contributed by atoms with Gasteiger partial charge in [0.1, 0.15) is 0 Å². The van der Waals surface area contributed by atoms with Crippen LogP contribution < -0.4 is 0 Å². The van der Waals surface area contributed by atoms with E-state index >= 15 is 0 Å². The van der Waals surface area contributed by atoms with Crippen molar-refractivity contribution in [2.75, 3.05) is 0 Å². The smallest absolute Gasteiger partial charge is 0.0815 e. The Hall–Kier alpha value is 3.46. The molecule has 3 aliphatic rings. The fraction of sp³-hybridized carbons (Fsp3) is 0.840. The second-order valence-corrected chi connectivity index (χ2v) is 27.1. The first kappa shape index (κ1) is 34.5. The Labute approximate surface area is 235 Å². The Kier molecular flexibility index (Phi) is 12.0. The van der Waals surface area contributed by atoms with Crippen molar-refractivity contribution in [1.29, 1.82) is 0 Å². The van der Waals surface area contributed by atoms with Gasteiger partial charge in [0, 0.05) is 16.2 Å². The summed E-state index contributed by atoms with van der Waals surface area (Å²) >= 11 is 0. The Morgan fingerprint density at radius 1 is 0.576 bits per heavy atom. The van der Waals surface area contributed by atoms with Crippen molar-refractivity contribution in [3.8, 4) is 0 Å². The van der Waals surface area contributed by atoms with Gasteiger partial charge in [-0.25, -0.2) is 0 Å². The molecule has 3 aliphatic heterocycles. The summed E-state index contributed by atoms with van der Waals surface area (Å²) in [7, 11) is 9.64. The predicted octanol–water partition coefficient (Wildman–Crippen LogP) is 13.5. The van der Waals surface area contributed by atoms with Crippen molar-refractivity contribution < 1.29 is 21.7 Å². The summed E-state index contributed by atoms with van der Waals surface area (Å²) in [5.74, 6) is 0. The van der Waals surface area contributed by atoms with Crippen molar-refractivity contribution >= 4 is 62.8 Å². The van der Waals surface area contributed by atoms with Gasteiger partial charge in [0.05, 0.1) is 4.64 Å². The molecule has 8 heteroatoms. The van der Waals surface area contributed by atoms with E-state index in [1.807, 2.05) is 5.03 Å². The molecule has 0 aliphatic carbocycles. The van der Waals surface area contributed by atoms with Gasteiger partial charge in [0.25, 0.3) is 0 Å². The first-order valence-electron chi connectivity index (χ1n) is 11.6. The Morgan fingerprint density at radius 3 is 1.24 bits per heavy atom. The molecule has 0 amide bonds. The predicted molar refractivity (Wildman–Crippen MR) is 163 cm³/mol. The molecule has 0 N–H and O–H groups in total. The van der Waals surface area contributed by atoms with E-state index in [9.17, 15) is 0 Å². The Morgan fingerprint density at radius 2 is 0.970 bits per heavy atom. The SMILES string of the molecule is CC(C)(C)[C]1[P]P2C(C(C)(C)C)=PC2(C(C)(C)C)[P]1.CC(C)(C)[C]1[P][P][C](C(C)(C)C)[P]1.[Ti+2]. The van der Waals surface area contributed by atoms with Gasteiger partial charge in [-0.1, -0.05) is 121 Å². The van der Waals surface area contributed by atoms with E-state index in [-0.39, 0.29) is 29.3 Å². The first-order chi connectivity index (χ1) is 14.0. The molecule has 8 radical (unpaired) electrons. The van der Waals surface area contributed by atoms with Crippen LogP contribution in [0.4, 0.5) is 0 Å². The van der Waals surface area contributed by atoms with Gasteiger partial charge in [-0.2, -0.15) is 0 Å². The number of rotatable bonds is 0. The second kappa shape index (κ2) is 11.5. The van der Waals surface area contributed by atoms with E-state index in [1.165, 1.54) is 25.1 Å². The molecule has 0 aromatic rings. The summed E-state index contributed by atoms with van der Waals surface area (Å²) in [6.07, 6.45) is 0. The number of hydrogen-bond donors (Lipinski definition) is 0. The minimum Gasteiger partial charge on any atom is -0.0815 e. The maximum Gasteiger partial charge on any atom is 2.00 e. The van der Waals surface area contributed by atoms with Crippen LogP contribution in [-0.4, -0.2) is 9.67 Å². The summed E-state index contributed by atoms with van der Waals surface area (Å²) in [4.78, 5) is 0. The van der Waals surface area contributed by atoms with Gasteiger partial charge < -0.3 is 0 Å². The molecule has 0 aromatic heterocycles. The third kappa shape index (κ3) is 8.23. The second-order valence-electron chi connectivity index (χ2n) is 14.1. The van der Waals surface area contributed by atoms with Gasteiger partial charge in [0.2, 0.25) is 0 Å². The van der Waals surface area contributed by atoms with E-state index in [2.05, 4.69) is 104 Å². The van der Waals surface area contributed by atoms with E-state index < -0.39 is 0 Å². The summed E-state index contributed by atoms with van der Waals surface area (Å²) in [6, 6.07) is 0. The third-order valence-corrected chi connectivity index (χ3v) is 28.2. The normalized spacial score (nSPS) is 32.0. The number of fused-ring (bicyclic) bond motifs is 1. The summed E-state index contributed by atoms with van der Waals surface area (Å²) in [5, 5.41) is 6.99. The zero-order valence-corrected chi connectivity index (χ0v) is 31.5. The van der Waals surface area contributed by atoms with Crippen LogP contribution in [0.25, 0.3) is 0 Å². The van der Waals surface area contributed by atoms with Crippen molar-refractivity contribution in [1.82, 2.24) is 0 Å². The molecule has 3 rings (SSSR count). The van der Waals surface area contributed by atoms with Crippen LogP contribution in [0.15, 0.2) is 0 Å². The third-order valence-electron chi connectivity index (χ3n) is 5.36. The Balaban J connectivity index is 0.000000343. The van der Waals surface area contributed by atoms with Crippen LogP contribution in [0.1, 0.15) is 104 Å². The van der Waals surface area contributed by atoms with Gasteiger partial charge >= 0.3 is 21.7 Å². The van der Waals surface area contributed by atoms with Gasteiger partial charge in [-0.3, -0.25) is 0 Å². The molecule has 0 spiro atoms. The molecule has 2 saturated heterocycles. The fourth-order valence-electron chi connectivity index (χ4n) is 3.13. The molecule has 182 valence electrons. The molecule has 33 heavy (non-hydrogen) atoms. The molecule has 2 fully saturated rings. The van der Waals surface area contributed by atoms with E-state index in [0.29, 0.717) is 31.7 Å². The molecule has 0 bridgehead atoms. The number of hydrogen-bond acceptors (Lipinski definition) is 0. The van der Waals surface area contributed by atoms with Crippen LogP contribution in [0.5, 0.6) is 0 Å². The molecule has 0 nitrogen and oxygen atoms in total. The van der Waals surface area contributed by atoms with Crippen LogP contribution in [0.2, 0.25) is 0 Å². The van der Waals surface area contributed by atoms with Crippen LogP contribution in [-0.2, 0) is 21.7 Å². The van der Waals surface area contributed by atoms with E-state index in [4.69, 9.17) is 0 Å². The zero-order valence-electron chi connectivity index (χ0n) is 23.6. The zero-order chi connectivity index (χ0) is 25.1. The van der Waals surface area contributed by atoms with Gasteiger partial charge in [-0.05, 0) is 73.1 Å². The largest absolute Gasteiger partial charge is 2.00 e. The van der Waals surface area contributed by atoms with Gasteiger partial charge in [0.15, 0.2) is 0 Å². The van der Waals surface area contributed by atoms with Crippen molar-refractivity contribution in [2.45, 2.75) is 108 Å². The molecule has 0 aromatic carbocycles. The first-order valence-corrected chi connectivity index (χ1v) is 19.7. The van der Waals surface area contributed by atoms with Crippen molar-refractivity contribution in [2.24, 2.45) is 27.1 Å². The Bertz CT molecular complexity index is 681. The van der Waals surface area contributed by atoms with E-state index in [1.54, 1.807) is 41.3 Å². The fourth-order valence-corrected chi connectivity index (χ4v) is 26.7. The van der Waals surface area contributed by atoms with Crippen LogP contribution >= 0.6 is 57.8 Å². The van der Waals surface area contributed by atoms with Crippen molar-refractivity contribution in [3.63, 3.8) is 0 Å². The summed E-state index contributed by atoms with van der Waals surface area (Å²) in [5.41, 5.74) is 1.99. The summed E-state index contributed by atoms with van der Waals surface area (Å²) in [6.45, 7) is 35.7. The average Bonchev–Trinajstić information content (AvgIpc) is 3.09. The maximum absolute atomic E-state index is 2.46. The molecule has 2 unspecified atom stereocenters. The topological polar surface area (TPSA) is 0 Å².